The molecule has 484 valence electrons. The predicted octanol–water partition coefficient (Wildman–Crippen LogP) is 25.5. The Hall–Kier alpha value is -2.89. The highest BCUT2D eigenvalue weighted by Gasteiger charge is 2.19. The van der Waals surface area contributed by atoms with Crippen LogP contribution in [0.3, 0.4) is 0 Å². The molecule has 6 nitrogen and oxygen atoms in total. The number of carbonyl (C=O) groups excluding carboxylic acids is 3. The lowest BCUT2D eigenvalue weighted by molar-refractivity contribution is -0.167. The number of ether oxygens (including phenoxy) is 3. The molecule has 0 N–H and O–H groups in total. The summed E-state index contributed by atoms with van der Waals surface area (Å²) in [5.74, 6) is -0.902. The minimum Gasteiger partial charge on any atom is -0.462 e. The molecular weight excluding hydrogens is 1020 g/mol. The molecule has 0 rings (SSSR count). The van der Waals surface area contributed by atoms with E-state index in [9.17, 15) is 14.4 Å². The zero-order valence-corrected chi connectivity index (χ0v) is 55.7. The second kappa shape index (κ2) is 71.6. The molecule has 0 aliphatic heterocycles. The molecule has 0 aromatic carbocycles. The smallest absolute Gasteiger partial charge is 0.306 e. The standard InChI is InChI=1S/C77H140O6/c1-4-7-10-13-16-19-22-25-27-29-31-32-33-34-35-36-37-38-39-40-41-42-43-44-45-46-48-49-52-55-58-61-64-67-70-76(79)82-73-74(72-81-75(78)69-66-63-60-57-54-51-24-21-18-15-12-9-6-3)83-77(80)71-68-65-62-59-56-53-50-47-30-28-26-23-20-17-14-11-8-5-2/h9,12,18,20-21,23,28,30,51,54,74H,4-8,10-11,13-17,19,22,24-27,29,31-50,52-53,55-73H2,1-3H3/b12-9-,21-18-,23-20-,30-28-,54-51-. The predicted molar refractivity (Wildman–Crippen MR) is 362 cm³/mol. The number of unbranched alkanes of at least 4 members (excludes halogenated alkanes) is 47. The van der Waals surface area contributed by atoms with Crippen LogP contribution in [0.25, 0.3) is 0 Å². The van der Waals surface area contributed by atoms with Crippen LogP contribution >= 0.6 is 0 Å². The van der Waals surface area contributed by atoms with E-state index in [2.05, 4.69) is 81.5 Å². The van der Waals surface area contributed by atoms with E-state index in [-0.39, 0.29) is 31.1 Å². The average Bonchev–Trinajstić information content (AvgIpc) is 3.50. The molecule has 0 aliphatic carbocycles. The van der Waals surface area contributed by atoms with Crippen molar-refractivity contribution in [2.24, 2.45) is 0 Å². The monoisotopic (exact) mass is 1160 g/mol. The SMILES string of the molecule is CC/C=C\C/C=C\C/C=C\CCCCCC(=O)OCC(COC(=O)CCCCCCCCCCCCCCCCCCCCCCCCCCCCCCCCCCCC)OC(=O)CCCCCCCCC/C=C\C/C=C\CCCCCC. The third-order valence-electron chi connectivity index (χ3n) is 16.5. The second-order valence-corrected chi connectivity index (χ2v) is 24.8. The summed E-state index contributed by atoms with van der Waals surface area (Å²) in [6.07, 6.45) is 92.9. The fraction of sp³-hybridized carbons (Fsp3) is 0.831. The Bertz CT molecular complexity index is 1470. The lowest BCUT2D eigenvalue weighted by Gasteiger charge is -2.18. The van der Waals surface area contributed by atoms with Crippen molar-refractivity contribution in [3.8, 4) is 0 Å². The maximum absolute atomic E-state index is 12.9. The molecule has 0 spiro atoms. The van der Waals surface area contributed by atoms with E-state index in [4.69, 9.17) is 14.2 Å². The molecule has 0 saturated carbocycles. The number of hydrogen-bond acceptors (Lipinski definition) is 6. The lowest BCUT2D eigenvalue weighted by Crippen LogP contribution is -2.30. The normalized spacial score (nSPS) is 12.4. The topological polar surface area (TPSA) is 78.9 Å². The Morgan fingerprint density at radius 2 is 0.470 bits per heavy atom. The number of allylic oxidation sites excluding steroid dienone is 10. The zero-order valence-electron chi connectivity index (χ0n) is 55.7. The summed E-state index contributed by atoms with van der Waals surface area (Å²) in [7, 11) is 0. The molecule has 0 aromatic rings. The molecular formula is C77H140O6. The van der Waals surface area contributed by atoms with Gasteiger partial charge in [-0.15, -0.1) is 0 Å². The maximum Gasteiger partial charge on any atom is 0.306 e. The largest absolute Gasteiger partial charge is 0.462 e. The molecule has 0 amide bonds. The van der Waals surface area contributed by atoms with E-state index in [1.807, 2.05) is 0 Å². The number of hydrogen-bond donors (Lipinski definition) is 0. The number of rotatable bonds is 68. The first-order valence-electron chi connectivity index (χ1n) is 36.8. The number of carbonyl (C=O) groups is 3. The van der Waals surface area contributed by atoms with Gasteiger partial charge in [0.2, 0.25) is 0 Å². The van der Waals surface area contributed by atoms with E-state index >= 15 is 0 Å². The summed E-state index contributed by atoms with van der Waals surface area (Å²) >= 11 is 0. The zero-order chi connectivity index (χ0) is 59.9. The molecule has 0 heterocycles. The first-order chi connectivity index (χ1) is 41.0. The van der Waals surface area contributed by atoms with Crippen LogP contribution in [-0.4, -0.2) is 37.2 Å². The average molecular weight is 1160 g/mol. The molecule has 83 heavy (non-hydrogen) atoms. The highest BCUT2D eigenvalue weighted by atomic mass is 16.6. The van der Waals surface area contributed by atoms with Crippen molar-refractivity contribution in [1.82, 2.24) is 0 Å². The van der Waals surface area contributed by atoms with Crippen molar-refractivity contribution in [1.29, 1.82) is 0 Å². The van der Waals surface area contributed by atoms with Crippen molar-refractivity contribution in [3.05, 3.63) is 60.8 Å². The van der Waals surface area contributed by atoms with E-state index in [0.717, 1.165) is 96.3 Å². The summed E-state index contributed by atoms with van der Waals surface area (Å²) < 4.78 is 16.9. The van der Waals surface area contributed by atoms with Crippen LogP contribution in [0, 0.1) is 0 Å². The Morgan fingerprint density at radius 1 is 0.253 bits per heavy atom. The highest BCUT2D eigenvalue weighted by molar-refractivity contribution is 5.71. The molecule has 1 unspecified atom stereocenters. The lowest BCUT2D eigenvalue weighted by atomic mass is 10.0. The summed E-state index contributed by atoms with van der Waals surface area (Å²) in [6, 6.07) is 0. The maximum atomic E-state index is 12.9. The molecule has 0 fully saturated rings. The van der Waals surface area contributed by atoms with Crippen LogP contribution in [0.15, 0.2) is 60.8 Å². The van der Waals surface area contributed by atoms with Gasteiger partial charge < -0.3 is 14.2 Å². The summed E-state index contributed by atoms with van der Waals surface area (Å²) in [4.78, 5) is 38.4. The van der Waals surface area contributed by atoms with E-state index < -0.39 is 6.10 Å². The van der Waals surface area contributed by atoms with Gasteiger partial charge >= 0.3 is 17.9 Å². The van der Waals surface area contributed by atoms with Gasteiger partial charge in [-0.2, -0.15) is 0 Å². The summed E-state index contributed by atoms with van der Waals surface area (Å²) in [6.45, 7) is 6.54. The first kappa shape index (κ1) is 80.1. The Balaban J connectivity index is 4.11. The van der Waals surface area contributed by atoms with Crippen LogP contribution in [0.1, 0.15) is 393 Å². The van der Waals surface area contributed by atoms with Crippen molar-refractivity contribution < 1.29 is 28.6 Å². The van der Waals surface area contributed by atoms with Gasteiger partial charge in [0.25, 0.3) is 0 Å². The fourth-order valence-corrected chi connectivity index (χ4v) is 11.0. The van der Waals surface area contributed by atoms with Gasteiger partial charge in [-0.25, -0.2) is 0 Å². The molecule has 0 saturated heterocycles. The molecule has 6 heteroatoms. The quantitative estimate of drug-likeness (QED) is 0.0261. The summed E-state index contributed by atoms with van der Waals surface area (Å²) in [5.41, 5.74) is 0. The van der Waals surface area contributed by atoms with Crippen LogP contribution in [0.2, 0.25) is 0 Å². The minimum atomic E-state index is -0.791. The van der Waals surface area contributed by atoms with Crippen LogP contribution in [0.4, 0.5) is 0 Å². The number of esters is 3. The van der Waals surface area contributed by atoms with Crippen molar-refractivity contribution in [3.63, 3.8) is 0 Å². The minimum absolute atomic E-state index is 0.0838. The third kappa shape index (κ3) is 69.8. The highest BCUT2D eigenvalue weighted by Crippen LogP contribution is 2.19. The summed E-state index contributed by atoms with van der Waals surface area (Å²) in [5, 5.41) is 0. The molecule has 0 aromatic heterocycles. The first-order valence-corrected chi connectivity index (χ1v) is 36.8. The van der Waals surface area contributed by atoms with Gasteiger partial charge in [0, 0.05) is 19.3 Å². The molecule has 1 atom stereocenters. The Morgan fingerprint density at radius 3 is 0.759 bits per heavy atom. The van der Waals surface area contributed by atoms with Crippen molar-refractivity contribution >= 4 is 17.9 Å². The second-order valence-electron chi connectivity index (χ2n) is 24.8. The Labute approximate surface area is 517 Å². The fourth-order valence-electron chi connectivity index (χ4n) is 11.0. The van der Waals surface area contributed by atoms with Crippen LogP contribution < -0.4 is 0 Å². The van der Waals surface area contributed by atoms with Gasteiger partial charge in [0.15, 0.2) is 6.10 Å². The van der Waals surface area contributed by atoms with Gasteiger partial charge in [-0.1, -0.05) is 351 Å². The van der Waals surface area contributed by atoms with Crippen LogP contribution in [-0.2, 0) is 28.6 Å². The van der Waals surface area contributed by atoms with Crippen molar-refractivity contribution in [2.75, 3.05) is 13.2 Å². The van der Waals surface area contributed by atoms with Crippen LogP contribution in [0.5, 0.6) is 0 Å². The van der Waals surface area contributed by atoms with E-state index in [1.54, 1.807) is 0 Å². The molecule has 0 bridgehead atoms. The molecule has 0 radical (unpaired) electrons. The van der Waals surface area contributed by atoms with Crippen molar-refractivity contribution in [2.45, 2.75) is 399 Å². The van der Waals surface area contributed by atoms with E-state index in [1.165, 1.54) is 257 Å². The van der Waals surface area contributed by atoms with Gasteiger partial charge in [-0.3, -0.25) is 14.4 Å². The van der Waals surface area contributed by atoms with E-state index in [0.29, 0.717) is 19.3 Å². The third-order valence-corrected chi connectivity index (χ3v) is 16.5. The Kier molecular flexibility index (Phi) is 69.1. The van der Waals surface area contributed by atoms with Gasteiger partial charge in [0.1, 0.15) is 13.2 Å². The molecule has 0 aliphatic rings. The van der Waals surface area contributed by atoms with Gasteiger partial charge in [0.05, 0.1) is 0 Å². The van der Waals surface area contributed by atoms with Gasteiger partial charge in [-0.05, 0) is 83.5 Å².